The molecule has 0 N–H and O–H groups in total. The third-order valence-electron chi connectivity index (χ3n) is 10.8. The van der Waals surface area contributed by atoms with Crippen molar-refractivity contribution in [3.63, 3.8) is 0 Å². The summed E-state index contributed by atoms with van der Waals surface area (Å²) in [4.78, 5) is 15.6. The molecule has 3 aliphatic rings. The highest BCUT2D eigenvalue weighted by atomic mass is 19.1. The summed E-state index contributed by atoms with van der Waals surface area (Å²) >= 11 is 0. The molecule has 2 aromatic carbocycles. The highest BCUT2D eigenvalue weighted by Gasteiger charge is 2.31. The van der Waals surface area contributed by atoms with Gasteiger partial charge in [-0.05, 0) is 119 Å². The molecule has 6 heteroatoms. The smallest absolute Gasteiger partial charge is 0.126 e. The summed E-state index contributed by atoms with van der Waals surface area (Å²) in [7, 11) is 0. The summed E-state index contributed by atoms with van der Waals surface area (Å²) < 4.78 is 12.6. The van der Waals surface area contributed by atoms with Crippen LogP contribution in [-0.2, 0) is 6.42 Å². The molecule has 0 saturated carbocycles. The van der Waals surface area contributed by atoms with E-state index in [2.05, 4.69) is 98.7 Å². The minimum Gasteiger partial charge on any atom is -0.371 e. The van der Waals surface area contributed by atoms with Gasteiger partial charge in [0.2, 0.25) is 0 Å². The molecule has 5 nitrogen and oxygen atoms in total. The van der Waals surface area contributed by atoms with Gasteiger partial charge in [0.1, 0.15) is 5.82 Å². The van der Waals surface area contributed by atoms with Crippen LogP contribution in [0.15, 0.2) is 55.8 Å². The maximum atomic E-state index is 12.6. The number of hydrogen-bond acceptors (Lipinski definition) is 5. The van der Waals surface area contributed by atoms with Crippen LogP contribution in [-0.4, -0.2) is 90.7 Å². The van der Waals surface area contributed by atoms with Crippen LogP contribution in [0.3, 0.4) is 0 Å². The van der Waals surface area contributed by atoms with Crippen molar-refractivity contribution >= 4 is 16.6 Å². The summed E-state index contributed by atoms with van der Waals surface area (Å²) in [6.45, 7) is 46.2. The van der Waals surface area contributed by atoms with Crippen molar-refractivity contribution < 1.29 is 4.39 Å². The molecule has 0 unspecified atom stereocenters. The van der Waals surface area contributed by atoms with E-state index in [1.165, 1.54) is 106 Å². The summed E-state index contributed by atoms with van der Waals surface area (Å²) in [6.07, 6.45) is 9.75. The van der Waals surface area contributed by atoms with Gasteiger partial charge < -0.3 is 9.80 Å². The zero-order valence-electron chi connectivity index (χ0n) is 38.4. The van der Waals surface area contributed by atoms with Gasteiger partial charge in [-0.2, -0.15) is 0 Å². The number of piperidine rings is 2. The summed E-state index contributed by atoms with van der Waals surface area (Å²) in [5.41, 5.74) is 6.97. The van der Waals surface area contributed by atoms with E-state index in [4.69, 9.17) is 4.98 Å². The third kappa shape index (κ3) is 17.5. The van der Waals surface area contributed by atoms with Gasteiger partial charge in [0.25, 0.3) is 0 Å². The molecule has 4 heterocycles. The molecule has 0 atom stereocenters. The van der Waals surface area contributed by atoms with Crippen molar-refractivity contribution in [2.24, 2.45) is 5.92 Å². The first-order valence-corrected chi connectivity index (χ1v) is 22.2. The monoisotopic (exact) mass is 764 g/mol. The minimum absolute atomic E-state index is 0.116. The molecule has 3 aliphatic heterocycles. The number of fused-ring (bicyclic) bond motifs is 1. The SMILES string of the molecule is C=C.CC.CC.CC.CCC(C)C.CCc1ccc2ncc(C)c(N3CCC(N4CCN(C5CCN(CC)CC5)CC4)CC3)c2c1.Cc1ccc(C)c(F)c1. The minimum atomic E-state index is -0.116. The van der Waals surface area contributed by atoms with Crippen molar-refractivity contribution in [2.45, 2.75) is 148 Å². The van der Waals surface area contributed by atoms with Gasteiger partial charge in [-0.3, -0.25) is 14.8 Å². The number of rotatable bonds is 6. The van der Waals surface area contributed by atoms with Crippen LogP contribution in [0.25, 0.3) is 10.9 Å². The predicted octanol–water partition coefficient (Wildman–Crippen LogP) is 12.6. The fraction of sp³-hybridized carbons (Fsp3) is 0.653. The van der Waals surface area contributed by atoms with Gasteiger partial charge in [0.15, 0.2) is 0 Å². The van der Waals surface area contributed by atoms with Gasteiger partial charge in [-0.25, -0.2) is 4.39 Å². The Hall–Kier alpha value is -2.80. The first kappa shape index (κ1) is 52.2. The Morgan fingerprint density at radius 3 is 1.60 bits per heavy atom. The van der Waals surface area contributed by atoms with Crippen LogP contribution < -0.4 is 4.90 Å². The molecule has 55 heavy (non-hydrogen) atoms. The van der Waals surface area contributed by atoms with Crippen molar-refractivity contribution in [2.75, 3.05) is 63.8 Å². The Morgan fingerprint density at radius 1 is 0.691 bits per heavy atom. The van der Waals surface area contributed by atoms with Crippen LogP contribution in [0.2, 0.25) is 0 Å². The molecule has 3 saturated heterocycles. The van der Waals surface area contributed by atoms with E-state index in [0.29, 0.717) is 5.56 Å². The van der Waals surface area contributed by atoms with E-state index < -0.39 is 0 Å². The van der Waals surface area contributed by atoms with Gasteiger partial charge in [-0.15, -0.1) is 13.2 Å². The van der Waals surface area contributed by atoms with Crippen molar-refractivity contribution in [3.05, 3.63) is 83.8 Å². The molecular formula is C49H86FN5. The number of anilines is 1. The zero-order chi connectivity index (χ0) is 41.9. The van der Waals surface area contributed by atoms with E-state index >= 15 is 0 Å². The number of halogens is 1. The van der Waals surface area contributed by atoms with Gasteiger partial charge in [0, 0.05) is 62.9 Å². The molecule has 0 radical (unpaired) electrons. The molecule has 0 amide bonds. The number of aryl methyl sites for hydroxylation is 4. The number of hydrogen-bond donors (Lipinski definition) is 0. The second-order valence-electron chi connectivity index (χ2n) is 14.5. The lowest BCUT2D eigenvalue weighted by Crippen LogP contribution is -2.56. The average Bonchev–Trinajstić information content (AvgIpc) is 3.25. The highest BCUT2D eigenvalue weighted by Crippen LogP contribution is 2.33. The van der Waals surface area contributed by atoms with Gasteiger partial charge >= 0.3 is 0 Å². The van der Waals surface area contributed by atoms with Gasteiger partial charge in [-0.1, -0.05) is 101 Å². The first-order valence-electron chi connectivity index (χ1n) is 22.2. The van der Waals surface area contributed by atoms with E-state index in [-0.39, 0.29) is 5.82 Å². The second kappa shape index (κ2) is 30.4. The number of benzene rings is 2. The predicted molar refractivity (Wildman–Crippen MR) is 246 cm³/mol. The zero-order valence-corrected chi connectivity index (χ0v) is 38.4. The maximum absolute atomic E-state index is 12.6. The Kier molecular flexibility index (Phi) is 28.8. The average molecular weight is 764 g/mol. The third-order valence-corrected chi connectivity index (χ3v) is 10.8. The number of aromatic nitrogens is 1. The molecular weight excluding hydrogens is 678 g/mol. The van der Waals surface area contributed by atoms with E-state index in [1.807, 2.05) is 54.5 Å². The summed E-state index contributed by atoms with van der Waals surface area (Å²) in [6, 6.07) is 13.6. The van der Waals surface area contributed by atoms with Crippen molar-refractivity contribution in [1.29, 1.82) is 0 Å². The summed E-state index contributed by atoms with van der Waals surface area (Å²) in [5.74, 6) is 0.769. The molecule has 0 aliphatic carbocycles. The Balaban J connectivity index is 0.00000110. The van der Waals surface area contributed by atoms with Crippen LogP contribution in [0.4, 0.5) is 10.1 Å². The molecule has 0 spiro atoms. The van der Waals surface area contributed by atoms with Crippen LogP contribution in [0.5, 0.6) is 0 Å². The highest BCUT2D eigenvalue weighted by molar-refractivity contribution is 5.93. The fourth-order valence-electron chi connectivity index (χ4n) is 7.19. The van der Waals surface area contributed by atoms with Crippen LogP contribution in [0.1, 0.15) is 131 Å². The quantitative estimate of drug-likeness (QED) is 0.233. The van der Waals surface area contributed by atoms with E-state index in [0.717, 1.165) is 48.6 Å². The Labute approximate surface area is 340 Å². The largest absolute Gasteiger partial charge is 0.371 e. The number of pyridine rings is 1. The Bertz CT molecular complexity index is 1380. The Morgan fingerprint density at radius 2 is 1.18 bits per heavy atom. The molecule has 3 aromatic rings. The molecule has 314 valence electrons. The summed E-state index contributed by atoms with van der Waals surface area (Å²) in [5, 5.41) is 1.34. The second-order valence-corrected chi connectivity index (χ2v) is 14.5. The molecule has 3 fully saturated rings. The maximum Gasteiger partial charge on any atom is 0.126 e. The lowest BCUT2D eigenvalue weighted by atomic mass is 9.98. The van der Waals surface area contributed by atoms with E-state index in [9.17, 15) is 4.39 Å². The van der Waals surface area contributed by atoms with E-state index in [1.54, 1.807) is 13.0 Å². The van der Waals surface area contributed by atoms with Crippen LogP contribution >= 0.6 is 0 Å². The normalized spacial score (nSPS) is 16.6. The number of piperazine rings is 1. The number of nitrogens with zero attached hydrogens (tertiary/aromatic N) is 5. The van der Waals surface area contributed by atoms with Crippen molar-refractivity contribution in [3.8, 4) is 0 Å². The number of likely N-dealkylation sites (tertiary alicyclic amines) is 1. The van der Waals surface area contributed by atoms with Crippen molar-refractivity contribution in [1.82, 2.24) is 19.7 Å². The topological polar surface area (TPSA) is 25.9 Å². The molecule has 6 rings (SSSR count). The molecule has 1 aromatic heterocycles. The fourth-order valence-corrected chi connectivity index (χ4v) is 7.19. The first-order chi connectivity index (χ1) is 26.6. The lowest BCUT2D eigenvalue weighted by molar-refractivity contribution is 0.0384. The molecule has 0 bridgehead atoms. The van der Waals surface area contributed by atoms with Gasteiger partial charge in [0.05, 0.1) is 11.2 Å². The van der Waals surface area contributed by atoms with Crippen LogP contribution in [0, 0.1) is 32.5 Å². The lowest BCUT2D eigenvalue weighted by Gasteiger charge is -2.46. The standard InChI is InChI=1S/C28H43N5.C8H9F.C5H12.3C2H6.C2H4/c1-4-23-6-7-27-26(20-23)28(22(3)21-29-27)33-14-10-25(11-15-33)32-18-16-31(17-19-32)24-8-12-30(5-2)13-9-24;1-6-3-4-7(2)8(9)5-6;1-4-5(2)3;4*1-2/h6-7,20-21,24-25H,4-5,8-19H2,1-3H3;3-5H,1-2H3;5H,4H2,1-3H3;3*1-2H3;1-2H2.